The molecule has 30 heavy (non-hydrogen) atoms. The number of nitrogens with zero attached hydrogens (tertiary/aromatic N) is 2. The van der Waals surface area contributed by atoms with E-state index >= 15 is 0 Å². The maximum atomic E-state index is 12.5. The summed E-state index contributed by atoms with van der Waals surface area (Å²) in [5.74, 6) is -0.345. The number of carbonyl (C=O) groups excluding carboxylic acids is 1. The lowest BCUT2D eigenvalue weighted by Crippen LogP contribution is -2.30. The zero-order valence-electron chi connectivity index (χ0n) is 18.5. The van der Waals surface area contributed by atoms with E-state index in [0.29, 0.717) is 12.3 Å². The number of unbranched alkanes of at least 4 members (excludes halogenated alkanes) is 3. The van der Waals surface area contributed by atoms with Gasteiger partial charge in [0.05, 0.1) is 28.1 Å². The average molecular weight is 423 g/mol. The number of rotatable bonds is 14. The summed E-state index contributed by atoms with van der Waals surface area (Å²) < 4.78 is 5.41. The molecule has 168 valence electrons. The zero-order valence-corrected chi connectivity index (χ0v) is 18.5. The average Bonchev–Trinajstić information content (AvgIpc) is 2.70. The molecule has 0 fully saturated rings. The molecule has 0 radical (unpaired) electrons. The molecular weight excluding hydrogens is 388 g/mol. The Balaban J connectivity index is 2.92. The highest BCUT2D eigenvalue weighted by Gasteiger charge is 2.33. The summed E-state index contributed by atoms with van der Waals surface area (Å²) in [7, 11) is 0. The van der Waals surface area contributed by atoms with E-state index in [2.05, 4.69) is 27.7 Å². The first-order valence-corrected chi connectivity index (χ1v) is 10.8. The zero-order chi connectivity index (χ0) is 22.7. The van der Waals surface area contributed by atoms with E-state index in [1.165, 1.54) is 0 Å². The summed E-state index contributed by atoms with van der Waals surface area (Å²) >= 11 is 0. The SMILES string of the molecule is CCCCC[C@](CCCC)(CCOC(=O)c1cc([N+](=O)[O-])cc([N+](=O)[O-])c1)C(C)C. The summed E-state index contributed by atoms with van der Waals surface area (Å²) in [6.07, 6.45) is 8.47. The number of hydrogen-bond donors (Lipinski definition) is 0. The van der Waals surface area contributed by atoms with Crippen LogP contribution in [0.15, 0.2) is 18.2 Å². The third kappa shape index (κ3) is 7.39. The monoisotopic (exact) mass is 422 g/mol. The van der Waals surface area contributed by atoms with Gasteiger partial charge in [0.15, 0.2) is 0 Å². The van der Waals surface area contributed by atoms with Crippen LogP contribution < -0.4 is 0 Å². The molecule has 1 atom stereocenters. The van der Waals surface area contributed by atoms with E-state index in [0.717, 1.165) is 63.1 Å². The molecule has 0 aliphatic rings. The second-order valence-electron chi connectivity index (χ2n) is 8.22. The van der Waals surface area contributed by atoms with Crippen molar-refractivity contribution in [1.82, 2.24) is 0 Å². The molecule has 0 aromatic heterocycles. The number of ether oxygens (including phenoxy) is 1. The van der Waals surface area contributed by atoms with Gasteiger partial charge in [0.2, 0.25) is 0 Å². The van der Waals surface area contributed by atoms with Crippen LogP contribution in [0.25, 0.3) is 0 Å². The second-order valence-corrected chi connectivity index (χ2v) is 8.22. The van der Waals surface area contributed by atoms with Crippen molar-refractivity contribution in [1.29, 1.82) is 0 Å². The van der Waals surface area contributed by atoms with Crippen LogP contribution >= 0.6 is 0 Å². The Morgan fingerprint density at radius 2 is 1.47 bits per heavy atom. The van der Waals surface area contributed by atoms with Gasteiger partial charge in [-0.15, -0.1) is 0 Å². The molecule has 0 bridgehead atoms. The Labute approximate surface area is 178 Å². The molecule has 8 heteroatoms. The van der Waals surface area contributed by atoms with Crippen molar-refractivity contribution in [2.75, 3.05) is 6.61 Å². The minimum absolute atomic E-state index is 0.0696. The Bertz CT molecular complexity index is 702. The van der Waals surface area contributed by atoms with E-state index < -0.39 is 27.2 Å². The molecule has 0 aliphatic carbocycles. The Morgan fingerprint density at radius 1 is 0.933 bits per heavy atom. The molecule has 0 unspecified atom stereocenters. The standard InChI is InChI=1S/C22H34N2O6/c1-5-7-9-11-22(17(3)4,10-8-6-2)12-13-30-21(25)18-14-19(23(26)27)16-20(15-18)24(28)29/h14-17H,5-13H2,1-4H3/t22-/m1/s1. The van der Waals surface area contributed by atoms with Crippen LogP contribution in [-0.2, 0) is 4.74 Å². The summed E-state index contributed by atoms with van der Waals surface area (Å²) in [6.45, 7) is 8.92. The maximum Gasteiger partial charge on any atom is 0.338 e. The minimum Gasteiger partial charge on any atom is -0.462 e. The molecule has 0 saturated heterocycles. The van der Waals surface area contributed by atoms with Gasteiger partial charge in [-0.1, -0.05) is 59.8 Å². The number of esters is 1. The van der Waals surface area contributed by atoms with Gasteiger partial charge < -0.3 is 4.74 Å². The highest BCUT2D eigenvalue weighted by Crippen LogP contribution is 2.42. The Kier molecular flexibility index (Phi) is 10.4. The fourth-order valence-electron chi connectivity index (χ4n) is 3.85. The summed E-state index contributed by atoms with van der Waals surface area (Å²) in [5.41, 5.74) is -1.11. The van der Waals surface area contributed by atoms with Crippen LogP contribution in [0.1, 0.15) is 89.4 Å². The Morgan fingerprint density at radius 3 is 1.93 bits per heavy atom. The largest absolute Gasteiger partial charge is 0.462 e. The molecule has 0 aliphatic heterocycles. The number of non-ortho nitro benzene ring substituents is 2. The predicted molar refractivity (Wildman–Crippen MR) is 116 cm³/mol. The fraction of sp³-hybridized carbons (Fsp3) is 0.682. The first-order valence-electron chi connectivity index (χ1n) is 10.8. The normalized spacial score (nSPS) is 13.1. The highest BCUT2D eigenvalue weighted by atomic mass is 16.6. The highest BCUT2D eigenvalue weighted by molar-refractivity contribution is 5.91. The second kappa shape index (κ2) is 12.2. The number of nitro benzene ring substituents is 2. The topological polar surface area (TPSA) is 113 Å². The van der Waals surface area contributed by atoms with Gasteiger partial charge in [0, 0.05) is 12.1 Å². The molecule has 1 aromatic carbocycles. The van der Waals surface area contributed by atoms with E-state index in [1.807, 2.05) is 0 Å². The number of benzene rings is 1. The van der Waals surface area contributed by atoms with Crippen LogP contribution in [0.4, 0.5) is 11.4 Å². The molecule has 0 N–H and O–H groups in total. The number of hydrogen-bond acceptors (Lipinski definition) is 6. The lowest BCUT2D eigenvalue weighted by molar-refractivity contribution is -0.394. The fourth-order valence-corrected chi connectivity index (χ4v) is 3.85. The molecule has 1 aromatic rings. The van der Waals surface area contributed by atoms with Gasteiger partial charge in [-0.3, -0.25) is 20.2 Å². The Hall–Kier alpha value is -2.51. The van der Waals surface area contributed by atoms with Crippen LogP contribution in [0.2, 0.25) is 0 Å². The molecule has 0 spiro atoms. The lowest BCUT2D eigenvalue weighted by Gasteiger charge is -2.38. The van der Waals surface area contributed by atoms with E-state index in [4.69, 9.17) is 4.74 Å². The molecule has 0 heterocycles. The van der Waals surface area contributed by atoms with Crippen LogP contribution in [0.3, 0.4) is 0 Å². The summed E-state index contributed by atoms with van der Waals surface area (Å²) in [5, 5.41) is 22.1. The molecule has 1 rings (SSSR count). The van der Waals surface area contributed by atoms with Crippen molar-refractivity contribution in [3.8, 4) is 0 Å². The van der Waals surface area contributed by atoms with Gasteiger partial charge in [-0.2, -0.15) is 0 Å². The van der Waals surface area contributed by atoms with Crippen molar-refractivity contribution >= 4 is 17.3 Å². The maximum absolute atomic E-state index is 12.5. The minimum atomic E-state index is -0.775. The van der Waals surface area contributed by atoms with E-state index in [-0.39, 0.29) is 17.6 Å². The number of carbonyl (C=O) groups is 1. The van der Waals surface area contributed by atoms with Crippen LogP contribution in [0.5, 0.6) is 0 Å². The van der Waals surface area contributed by atoms with Crippen molar-refractivity contribution in [2.45, 2.75) is 79.1 Å². The lowest BCUT2D eigenvalue weighted by atomic mass is 9.68. The van der Waals surface area contributed by atoms with Crippen molar-refractivity contribution in [2.24, 2.45) is 11.3 Å². The van der Waals surface area contributed by atoms with Crippen molar-refractivity contribution in [3.05, 3.63) is 44.0 Å². The van der Waals surface area contributed by atoms with E-state index in [9.17, 15) is 25.0 Å². The van der Waals surface area contributed by atoms with Gasteiger partial charge in [-0.05, 0) is 30.6 Å². The van der Waals surface area contributed by atoms with Crippen LogP contribution in [0, 0.1) is 31.6 Å². The third-order valence-electron chi connectivity index (χ3n) is 5.92. The van der Waals surface area contributed by atoms with Crippen molar-refractivity contribution in [3.63, 3.8) is 0 Å². The number of nitro groups is 2. The summed E-state index contributed by atoms with van der Waals surface area (Å²) in [4.78, 5) is 33.0. The molecule has 0 saturated carbocycles. The third-order valence-corrected chi connectivity index (χ3v) is 5.92. The smallest absolute Gasteiger partial charge is 0.338 e. The van der Waals surface area contributed by atoms with Gasteiger partial charge in [0.25, 0.3) is 11.4 Å². The molecule has 0 amide bonds. The van der Waals surface area contributed by atoms with E-state index in [1.54, 1.807) is 0 Å². The first kappa shape index (κ1) is 25.5. The van der Waals surface area contributed by atoms with Crippen molar-refractivity contribution < 1.29 is 19.4 Å². The molecule has 8 nitrogen and oxygen atoms in total. The quantitative estimate of drug-likeness (QED) is 0.147. The summed E-state index contributed by atoms with van der Waals surface area (Å²) in [6, 6.07) is 2.87. The van der Waals surface area contributed by atoms with Crippen LogP contribution in [-0.4, -0.2) is 22.4 Å². The van der Waals surface area contributed by atoms with Gasteiger partial charge >= 0.3 is 5.97 Å². The van der Waals surface area contributed by atoms with Gasteiger partial charge in [-0.25, -0.2) is 4.79 Å². The molecular formula is C22H34N2O6. The first-order chi connectivity index (χ1) is 14.2. The predicted octanol–water partition coefficient (Wildman–Crippen LogP) is 6.46. The van der Waals surface area contributed by atoms with Gasteiger partial charge in [0.1, 0.15) is 0 Å².